The first-order valence-corrected chi connectivity index (χ1v) is 5.19. The number of carboxylic acids is 1. The SMILES string of the molecule is CC1OCCC1C(=O)NCC(C)(O)C(=O)O. The number of aliphatic carboxylic acids is 1. The molecule has 0 radical (unpaired) electrons. The minimum absolute atomic E-state index is 0.158. The Hall–Kier alpha value is -1.14. The lowest BCUT2D eigenvalue weighted by atomic mass is 10.0. The topological polar surface area (TPSA) is 95.9 Å². The van der Waals surface area contributed by atoms with E-state index in [0.717, 1.165) is 6.92 Å². The Balaban J connectivity index is 2.44. The Morgan fingerprint density at radius 1 is 1.56 bits per heavy atom. The van der Waals surface area contributed by atoms with E-state index in [1.165, 1.54) is 0 Å². The summed E-state index contributed by atoms with van der Waals surface area (Å²) >= 11 is 0. The number of amides is 1. The van der Waals surface area contributed by atoms with Crippen molar-refractivity contribution < 1.29 is 24.5 Å². The summed E-state index contributed by atoms with van der Waals surface area (Å²) in [6, 6.07) is 0. The van der Waals surface area contributed by atoms with Crippen molar-refractivity contribution in [3.63, 3.8) is 0 Å². The predicted octanol–water partition coefficient (Wildman–Crippen LogP) is -0.637. The molecule has 1 rings (SSSR count). The molecule has 92 valence electrons. The quantitative estimate of drug-likeness (QED) is 0.598. The van der Waals surface area contributed by atoms with Crippen LogP contribution in [0.15, 0.2) is 0 Å². The van der Waals surface area contributed by atoms with Gasteiger partial charge < -0.3 is 20.3 Å². The van der Waals surface area contributed by atoms with Crippen molar-refractivity contribution in [1.82, 2.24) is 5.32 Å². The van der Waals surface area contributed by atoms with Crippen LogP contribution >= 0.6 is 0 Å². The van der Waals surface area contributed by atoms with Gasteiger partial charge in [0.15, 0.2) is 5.60 Å². The first-order valence-electron chi connectivity index (χ1n) is 5.19. The van der Waals surface area contributed by atoms with Crippen LogP contribution in [-0.2, 0) is 14.3 Å². The highest BCUT2D eigenvalue weighted by Gasteiger charge is 2.34. The lowest BCUT2D eigenvalue weighted by molar-refractivity contribution is -0.156. The van der Waals surface area contributed by atoms with Gasteiger partial charge in [-0.15, -0.1) is 0 Å². The van der Waals surface area contributed by atoms with Gasteiger partial charge in [-0.05, 0) is 20.3 Å². The molecule has 1 saturated heterocycles. The number of carbonyl (C=O) groups excluding carboxylic acids is 1. The standard InChI is InChI=1S/C10H17NO5/c1-6-7(3-4-16-6)8(12)11-5-10(2,15)9(13)14/h6-7,15H,3-5H2,1-2H3,(H,11,12)(H,13,14). The van der Waals surface area contributed by atoms with Gasteiger partial charge in [0.1, 0.15) is 0 Å². The van der Waals surface area contributed by atoms with E-state index in [1.807, 2.05) is 0 Å². The van der Waals surface area contributed by atoms with Crippen LogP contribution in [0, 0.1) is 5.92 Å². The van der Waals surface area contributed by atoms with Gasteiger partial charge >= 0.3 is 5.97 Å². The summed E-state index contributed by atoms with van der Waals surface area (Å²) in [6.45, 7) is 3.18. The van der Waals surface area contributed by atoms with Crippen LogP contribution < -0.4 is 5.32 Å². The normalized spacial score (nSPS) is 28.4. The van der Waals surface area contributed by atoms with Gasteiger partial charge in [0.05, 0.1) is 18.6 Å². The van der Waals surface area contributed by atoms with Crippen molar-refractivity contribution >= 4 is 11.9 Å². The zero-order chi connectivity index (χ0) is 12.3. The van der Waals surface area contributed by atoms with Crippen molar-refractivity contribution in [3.05, 3.63) is 0 Å². The van der Waals surface area contributed by atoms with Gasteiger partial charge in [-0.3, -0.25) is 4.79 Å². The molecule has 1 amide bonds. The fourth-order valence-electron chi connectivity index (χ4n) is 1.54. The number of carboxylic acid groups (broad SMARTS) is 1. The molecule has 0 saturated carbocycles. The van der Waals surface area contributed by atoms with Crippen LogP contribution in [0.25, 0.3) is 0 Å². The lowest BCUT2D eigenvalue weighted by Crippen LogP contribution is -2.48. The minimum Gasteiger partial charge on any atom is -0.479 e. The van der Waals surface area contributed by atoms with Crippen LogP contribution in [-0.4, -0.2) is 46.9 Å². The number of hydrogen-bond donors (Lipinski definition) is 3. The summed E-state index contributed by atoms with van der Waals surface area (Å²) in [4.78, 5) is 22.2. The van der Waals surface area contributed by atoms with E-state index in [-0.39, 0.29) is 24.5 Å². The van der Waals surface area contributed by atoms with Gasteiger partial charge in [0.25, 0.3) is 0 Å². The van der Waals surface area contributed by atoms with Crippen molar-refractivity contribution in [2.24, 2.45) is 5.92 Å². The maximum Gasteiger partial charge on any atom is 0.337 e. The Morgan fingerprint density at radius 3 is 2.62 bits per heavy atom. The molecule has 0 aliphatic carbocycles. The Kier molecular flexibility index (Phi) is 3.88. The molecule has 16 heavy (non-hydrogen) atoms. The molecule has 3 N–H and O–H groups in total. The van der Waals surface area contributed by atoms with Gasteiger partial charge in [-0.25, -0.2) is 4.79 Å². The number of aliphatic hydroxyl groups is 1. The Bertz CT molecular complexity index is 289. The van der Waals surface area contributed by atoms with Crippen molar-refractivity contribution in [2.75, 3.05) is 13.2 Å². The van der Waals surface area contributed by atoms with Crippen LogP contribution in [0.4, 0.5) is 0 Å². The maximum atomic E-state index is 11.6. The molecule has 3 unspecified atom stereocenters. The van der Waals surface area contributed by atoms with E-state index in [0.29, 0.717) is 13.0 Å². The highest BCUT2D eigenvalue weighted by molar-refractivity contribution is 5.82. The van der Waals surface area contributed by atoms with E-state index in [1.54, 1.807) is 6.92 Å². The van der Waals surface area contributed by atoms with E-state index < -0.39 is 11.6 Å². The fraction of sp³-hybridized carbons (Fsp3) is 0.800. The fourth-order valence-corrected chi connectivity index (χ4v) is 1.54. The number of ether oxygens (including phenoxy) is 1. The number of nitrogens with one attached hydrogen (secondary N) is 1. The second kappa shape index (κ2) is 4.80. The zero-order valence-electron chi connectivity index (χ0n) is 9.40. The Morgan fingerprint density at radius 2 is 2.19 bits per heavy atom. The molecule has 0 spiro atoms. The number of hydrogen-bond acceptors (Lipinski definition) is 4. The summed E-state index contributed by atoms with van der Waals surface area (Å²) in [5.74, 6) is -1.89. The molecule has 1 aliphatic rings. The van der Waals surface area contributed by atoms with E-state index in [2.05, 4.69) is 5.32 Å². The van der Waals surface area contributed by atoms with Crippen LogP contribution in [0.1, 0.15) is 20.3 Å². The molecule has 0 bridgehead atoms. The molecule has 0 aromatic rings. The minimum atomic E-state index is -1.93. The van der Waals surface area contributed by atoms with Crippen LogP contribution in [0.3, 0.4) is 0 Å². The second-order valence-corrected chi connectivity index (χ2v) is 4.27. The molecule has 0 aromatic carbocycles. The van der Waals surface area contributed by atoms with E-state index in [9.17, 15) is 14.7 Å². The monoisotopic (exact) mass is 231 g/mol. The first-order chi connectivity index (χ1) is 7.34. The highest BCUT2D eigenvalue weighted by atomic mass is 16.5. The number of rotatable bonds is 4. The van der Waals surface area contributed by atoms with E-state index in [4.69, 9.17) is 9.84 Å². The predicted molar refractivity (Wildman–Crippen MR) is 54.8 cm³/mol. The molecule has 1 heterocycles. The third-order valence-electron chi connectivity index (χ3n) is 2.78. The van der Waals surface area contributed by atoms with Crippen molar-refractivity contribution in [3.8, 4) is 0 Å². The molecule has 3 atom stereocenters. The van der Waals surface area contributed by atoms with Crippen LogP contribution in [0.2, 0.25) is 0 Å². The Labute approximate surface area is 93.6 Å². The molecule has 6 heteroatoms. The average molecular weight is 231 g/mol. The van der Waals surface area contributed by atoms with E-state index >= 15 is 0 Å². The second-order valence-electron chi connectivity index (χ2n) is 4.27. The van der Waals surface area contributed by atoms with Gasteiger partial charge in [-0.1, -0.05) is 0 Å². The highest BCUT2D eigenvalue weighted by Crippen LogP contribution is 2.20. The number of carbonyl (C=O) groups is 2. The lowest BCUT2D eigenvalue weighted by Gasteiger charge is -2.20. The summed E-state index contributed by atoms with van der Waals surface area (Å²) in [5, 5.41) is 20.5. The average Bonchev–Trinajstić information content (AvgIpc) is 2.61. The summed E-state index contributed by atoms with van der Waals surface area (Å²) < 4.78 is 5.23. The molecule has 1 aliphatic heterocycles. The molecule has 1 fully saturated rings. The van der Waals surface area contributed by atoms with Gasteiger partial charge in [0, 0.05) is 6.61 Å². The summed E-state index contributed by atoms with van der Waals surface area (Å²) in [5.41, 5.74) is -1.93. The molecular weight excluding hydrogens is 214 g/mol. The van der Waals surface area contributed by atoms with Crippen LogP contribution in [0.5, 0.6) is 0 Å². The zero-order valence-corrected chi connectivity index (χ0v) is 9.40. The van der Waals surface area contributed by atoms with Crippen molar-refractivity contribution in [2.45, 2.75) is 32.0 Å². The van der Waals surface area contributed by atoms with Crippen molar-refractivity contribution in [1.29, 1.82) is 0 Å². The molecule has 0 aromatic heterocycles. The smallest absolute Gasteiger partial charge is 0.337 e. The summed E-state index contributed by atoms with van der Waals surface area (Å²) in [6.07, 6.45) is 0.470. The largest absolute Gasteiger partial charge is 0.479 e. The molecular formula is C10H17NO5. The summed E-state index contributed by atoms with van der Waals surface area (Å²) in [7, 11) is 0. The maximum absolute atomic E-state index is 11.6. The van der Waals surface area contributed by atoms with Gasteiger partial charge in [0.2, 0.25) is 5.91 Å². The third kappa shape index (κ3) is 2.93. The van der Waals surface area contributed by atoms with Gasteiger partial charge in [-0.2, -0.15) is 0 Å². The first kappa shape index (κ1) is 12.9. The third-order valence-corrected chi connectivity index (χ3v) is 2.78. The molecule has 6 nitrogen and oxygen atoms in total.